The van der Waals surface area contributed by atoms with Crippen LogP contribution in [0.3, 0.4) is 0 Å². The molecule has 0 aliphatic carbocycles. The molecule has 28 heavy (non-hydrogen) atoms. The highest BCUT2D eigenvalue weighted by molar-refractivity contribution is 5.40. The van der Waals surface area contributed by atoms with Crippen LogP contribution in [-0.2, 0) is 19.5 Å². The minimum absolute atomic E-state index is 0.00910. The van der Waals surface area contributed by atoms with Crippen LogP contribution in [0, 0.1) is 5.92 Å². The molecule has 1 atom stereocenters. The molecule has 7 nitrogen and oxygen atoms in total. The molecule has 1 saturated heterocycles. The minimum atomic E-state index is -0.00910. The number of piperidine rings is 1. The summed E-state index contributed by atoms with van der Waals surface area (Å²) < 4.78 is 5.15. The summed E-state index contributed by atoms with van der Waals surface area (Å²) in [5.41, 5.74) is 2.49. The molecule has 7 heteroatoms. The van der Waals surface area contributed by atoms with Crippen molar-refractivity contribution in [1.29, 1.82) is 0 Å². The molecule has 0 radical (unpaired) electrons. The first-order valence-electron chi connectivity index (χ1n) is 9.98. The first-order valence-corrected chi connectivity index (χ1v) is 9.98. The average Bonchev–Trinajstić information content (AvgIpc) is 2.69. The first-order chi connectivity index (χ1) is 13.5. The second-order valence-corrected chi connectivity index (χ2v) is 7.96. The molecule has 1 aromatic carbocycles. The van der Waals surface area contributed by atoms with E-state index in [-0.39, 0.29) is 11.3 Å². The van der Waals surface area contributed by atoms with Gasteiger partial charge in [0.2, 0.25) is 5.95 Å². The van der Waals surface area contributed by atoms with Crippen molar-refractivity contribution in [3.05, 3.63) is 45.4 Å². The molecule has 150 valence electrons. The molecular formula is C21H28N4O3. The molecule has 3 heterocycles. The van der Waals surface area contributed by atoms with E-state index in [4.69, 9.17) is 9.72 Å². The van der Waals surface area contributed by atoms with Crippen LogP contribution in [0.2, 0.25) is 0 Å². The Morgan fingerprint density at radius 3 is 2.96 bits per heavy atom. The molecule has 4 rings (SSSR count). The number of anilines is 1. The number of nitrogens with one attached hydrogen (secondary N) is 1. The normalized spacial score (nSPS) is 20.1. The third kappa shape index (κ3) is 3.85. The maximum Gasteiger partial charge on any atom is 0.255 e. The van der Waals surface area contributed by atoms with Crippen LogP contribution in [-0.4, -0.2) is 46.7 Å². The van der Waals surface area contributed by atoms with Crippen molar-refractivity contribution in [2.24, 2.45) is 5.92 Å². The van der Waals surface area contributed by atoms with Gasteiger partial charge in [-0.3, -0.25) is 14.7 Å². The minimum Gasteiger partial charge on any atom is -0.507 e. The van der Waals surface area contributed by atoms with E-state index in [9.17, 15) is 9.90 Å². The molecule has 0 bridgehead atoms. The Balaban J connectivity index is 1.53. The predicted molar refractivity (Wildman–Crippen MR) is 108 cm³/mol. The quantitative estimate of drug-likeness (QED) is 0.842. The van der Waals surface area contributed by atoms with Crippen molar-refractivity contribution in [3.8, 4) is 11.5 Å². The molecular weight excluding hydrogens is 356 g/mol. The number of aromatic nitrogens is 2. The summed E-state index contributed by atoms with van der Waals surface area (Å²) in [7, 11) is 1.58. The van der Waals surface area contributed by atoms with Crippen molar-refractivity contribution in [2.75, 3.05) is 31.6 Å². The Bertz CT molecular complexity index is 911. The number of methoxy groups -OCH3 is 1. The number of aromatic amines is 1. The van der Waals surface area contributed by atoms with E-state index in [1.54, 1.807) is 13.2 Å². The van der Waals surface area contributed by atoms with E-state index in [1.807, 2.05) is 12.1 Å². The van der Waals surface area contributed by atoms with Gasteiger partial charge < -0.3 is 14.7 Å². The van der Waals surface area contributed by atoms with Gasteiger partial charge in [0.05, 0.1) is 12.8 Å². The first kappa shape index (κ1) is 18.8. The third-order valence-corrected chi connectivity index (χ3v) is 5.78. The van der Waals surface area contributed by atoms with Crippen molar-refractivity contribution in [3.63, 3.8) is 0 Å². The van der Waals surface area contributed by atoms with Crippen LogP contribution >= 0.6 is 0 Å². The molecule has 1 fully saturated rings. The Hall–Kier alpha value is -2.54. The number of rotatable bonds is 4. The molecule has 0 spiro atoms. The average molecular weight is 384 g/mol. The second-order valence-electron chi connectivity index (χ2n) is 7.96. The number of phenolic OH excluding ortho intramolecular Hbond substituents is 1. The number of phenols is 1. The zero-order chi connectivity index (χ0) is 19.7. The van der Waals surface area contributed by atoms with Crippen LogP contribution < -0.4 is 15.2 Å². The fraction of sp³-hybridized carbons (Fsp3) is 0.524. The van der Waals surface area contributed by atoms with Gasteiger partial charge in [-0.1, -0.05) is 13.0 Å². The Labute approximate surface area is 165 Å². The van der Waals surface area contributed by atoms with Gasteiger partial charge in [0.1, 0.15) is 11.5 Å². The maximum absolute atomic E-state index is 12.6. The summed E-state index contributed by atoms with van der Waals surface area (Å²) in [4.78, 5) is 24.8. The number of benzene rings is 1. The standard InChI is InChI=1S/C21H28N4O3/c1-14-4-3-8-25(11-14)21-22-18-13-24(9-7-17(18)20(27)23-21)12-15-5-6-16(28-2)10-19(15)26/h5-6,10,14,26H,3-4,7-9,11-13H2,1-2H3,(H,22,23,27)/t14-/m0/s1. The number of fused-ring (bicyclic) bond motifs is 1. The van der Waals surface area contributed by atoms with Crippen LogP contribution in [0.15, 0.2) is 23.0 Å². The second kappa shape index (κ2) is 7.83. The zero-order valence-corrected chi connectivity index (χ0v) is 16.6. The van der Waals surface area contributed by atoms with E-state index in [2.05, 4.69) is 21.7 Å². The lowest BCUT2D eigenvalue weighted by atomic mass is 10.0. The Morgan fingerprint density at radius 2 is 2.21 bits per heavy atom. The number of hydrogen-bond acceptors (Lipinski definition) is 6. The van der Waals surface area contributed by atoms with E-state index < -0.39 is 0 Å². The smallest absolute Gasteiger partial charge is 0.255 e. The van der Waals surface area contributed by atoms with Crippen LogP contribution in [0.25, 0.3) is 0 Å². The molecule has 2 N–H and O–H groups in total. The zero-order valence-electron chi connectivity index (χ0n) is 16.6. The van der Waals surface area contributed by atoms with Crippen LogP contribution in [0.5, 0.6) is 11.5 Å². The SMILES string of the molecule is COc1ccc(CN2CCc3c(nc(N4CCC[C@H](C)C4)[nH]c3=O)C2)c(O)c1. The summed E-state index contributed by atoms with van der Waals surface area (Å²) in [6.07, 6.45) is 3.03. The fourth-order valence-electron chi connectivity index (χ4n) is 4.19. The lowest BCUT2D eigenvalue weighted by molar-refractivity contribution is 0.237. The monoisotopic (exact) mass is 384 g/mol. The van der Waals surface area contributed by atoms with Gasteiger partial charge in [-0.2, -0.15) is 0 Å². The van der Waals surface area contributed by atoms with Crippen LogP contribution in [0.1, 0.15) is 36.6 Å². The summed E-state index contributed by atoms with van der Waals surface area (Å²) >= 11 is 0. The highest BCUT2D eigenvalue weighted by Gasteiger charge is 2.24. The van der Waals surface area contributed by atoms with Gasteiger partial charge in [-0.05, 0) is 31.2 Å². The van der Waals surface area contributed by atoms with Crippen LogP contribution in [0.4, 0.5) is 5.95 Å². The van der Waals surface area contributed by atoms with E-state index in [1.165, 1.54) is 6.42 Å². The highest BCUT2D eigenvalue weighted by atomic mass is 16.5. The number of aromatic hydroxyl groups is 1. The van der Waals surface area contributed by atoms with Gasteiger partial charge in [-0.15, -0.1) is 0 Å². The number of H-pyrrole nitrogens is 1. The summed E-state index contributed by atoms with van der Waals surface area (Å²) in [6, 6.07) is 5.37. The Morgan fingerprint density at radius 1 is 1.36 bits per heavy atom. The van der Waals surface area contributed by atoms with Gasteiger partial charge in [0.25, 0.3) is 5.56 Å². The van der Waals surface area contributed by atoms with Crippen molar-refractivity contribution >= 4 is 5.95 Å². The molecule has 1 aromatic heterocycles. The number of ether oxygens (including phenoxy) is 1. The summed E-state index contributed by atoms with van der Waals surface area (Å²) in [5.74, 6) is 2.18. The summed E-state index contributed by atoms with van der Waals surface area (Å²) in [6.45, 7) is 6.11. The molecule has 2 aliphatic rings. The summed E-state index contributed by atoms with van der Waals surface area (Å²) in [5, 5.41) is 10.2. The lowest BCUT2D eigenvalue weighted by Crippen LogP contribution is -2.39. The molecule has 2 aromatic rings. The van der Waals surface area contributed by atoms with E-state index in [0.717, 1.165) is 42.9 Å². The van der Waals surface area contributed by atoms with Gasteiger partial charge in [0, 0.05) is 49.9 Å². The maximum atomic E-state index is 12.6. The third-order valence-electron chi connectivity index (χ3n) is 5.78. The van der Waals surface area contributed by atoms with E-state index in [0.29, 0.717) is 37.1 Å². The lowest BCUT2D eigenvalue weighted by Gasteiger charge is -2.33. The topological polar surface area (TPSA) is 81.7 Å². The van der Waals surface area contributed by atoms with E-state index >= 15 is 0 Å². The Kier molecular flexibility index (Phi) is 5.26. The van der Waals surface area contributed by atoms with Gasteiger partial charge in [-0.25, -0.2) is 4.98 Å². The predicted octanol–water partition coefficient (Wildman–Crippen LogP) is 2.28. The largest absolute Gasteiger partial charge is 0.507 e. The fourth-order valence-corrected chi connectivity index (χ4v) is 4.19. The van der Waals surface area contributed by atoms with Crippen molar-refractivity contribution in [1.82, 2.24) is 14.9 Å². The van der Waals surface area contributed by atoms with Gasteiger partial charge >= 0.3 is 0 Å². The molecule has 2 aliphatic heterocycles. The highest BCUT2D eigenvalue weighted by Crippen LogP contribution is 2.27. The van der Waals surface area contributed by atoms with Gasteiger partial charge in [0.15, 0.2) is 0 Å². The van der Waals surface area contributed by atoms with Crippen molar-refractivity contribution in [2.45, 2.75) is 39.3 Å². The molecule has 0 saturated carbocycles. The molecule has 0 amide bonds. The molecule has 0 unspecified atom stereocenters. The van der Waals surface area contributed by atoms with Crippen molar-refractivity contribution < 1.29 is 9.84 Å². The number of nitrogens with zero attached hydrogens (tertiary/aromatic N) is 3. The number of hydrogen-bond donors (Lipinski definition) is 2.